The Bertz CT molecular complexity index is 426. The fourth-order valence-electron chi connectivity index (χ4n) is 1.41. The summed E-state index contributed by atoms with van der Waals surface area (Å²) < 4.78 is 1.56. The quantitative estimate of drug-likeness (QED) is 0.797. The summed E-state index contributed by atoms with van der Waals surface area (Å²) in [5.74, 6) is 0. The van der Waals surface area contributed by atoms with E-state index in [9.17, 15) is 0 Å². The molecule has 0 unspecified atom stereocenters. The van der Waals surface area contributed by atoms with Crippen molar-refractivity contribution in [3.63, 3.8) is 0 Å². The summed E-state index contributed by atoms with van der Waals surface area (Å²) >= 11 is -1.87. The van der Waals surface area contributed by atoms with E-state index in [1.165, 1.54) is 5.39 Å². The number of nitrogens with zero attached hydrogens (tertiary/aromatic N) is 1. The van der Waals surface area contributed by atoms with Crippen molar-refractivity contribution in [2.24, 2.45) is 0 Å². The standard InChI is InChI=1S/C7H5N2.3CH3.Sn/c1-2-4-7-6(3-1)5-8-9-7;;;;/h2-5H,(H,8,9);3*1H3;. The van der Waals surface area contributed by atoms with Crippen LogP contribution in [-0.4, -0.2) is 28.6 Å². The van der Waals surface area contributed by atoms with Crippen molar-refractivity contribution < 1.29 is 0 Å². The number of hydrogen-bond donors (Lipinski definition) is 1. The normalized spacial score (nSPS) is 12.2. The molecule has 13 heavy (non-hydrogen) atoms. The Labute approximate surface area is 82.2 Å². The average molecular weight is 281 g/mol. The first-order valence-electron chi connectivity index (χ1n) is 4.51. The summed E-state index contributed by atoms with van der Waals surface area (Å²) in [5, 5.41) is 8.23. The molecule has 0 aliphatic carbocycles. The molecule has 0 radical (unpaired) electrons. The Morgan fingerprint density at radius 3 is 2.69 bits per heavy atom. The number of aromatic amines is 1. The van der Waals surface area contributed by atoms with Gasteiger partial charge in [-0.05, 0) is 0 Å². The first-order valence-corrected chi connectivity index (χ1v) is 14.5. The minimum atomic E-state index is -1.87. The van der Waals surface area contributed by atoms with Crippen LogP contribution in [0.2, 0.25) is 14.8 Å². The number of fused-ring (bicyclic) bond motifs is 1. The molecule has 0 atom stereocenters. The van der Waals surface area contributed by atoms with E-state index in [2.05, 4.69) is 43.2 Å². The van der Waals surface area contributed by atoms with Gasteiger partial charge in [0.15, 0.2) is 0 Å². The molecular weight excluding hydrogens is 267 g/mol. The van der Waals surface area contributed by atoms with Crippen molar-refractivity contribution in [3.8, 4) is 0 Å². The number of H-pyrrole nitrogens is 1. The Hall–Kier alpha value is -0.511. The predicted octanol–water partition coefficient (Wildman–Crippen LogP) is 2.11. The zero-order chi connectivity index (χ0) is 9.47. The van der Waals surface area contributed by atoms with Gasteiger partial charge in [-0.25, -0.2) is 0 Å². The second kappa shape index (κ2) is 3.01. The van der Waals surface area contributed by atoms with Crippen molar-refractivity contribution in [1.29, 1.82) is 0 Å². The van der Waals surface area contributed by atoms with Crippen LogP contribution in [0.15, 0.2) is 24.4 Å². The fraction of sp³-hybridized carbons (Fsp3) is 0.300. The molecule has 1 N–H and O–H groups in total. The van der Waals surface area contributed by atoms with Gasteiger partial charge in [0.1, 0.15) is 0 Å². The van der Waals surface area contributed by atoms with Crippen LogP contribution < -0.4 is 3.58 Å². The molecule has 0 spiro atoms. The zero-order valence-electron chi connectivity index (χ0n) is 8.26. The van der Waals surface area contributed by atoms with Gasteiger partial charge in [-0.3, -0.25) is 0 Å². The van der Waals surface area contributed by atoms with E-state index in [-0.39, 0.29) is 0 Å². The van der Waals surface area contributed by atoms with Crippen LogP contribution >= 0.6 is 0 Å². The van der Waals surface area contributed by atoms with Crippen LogP contribution in [-0.2, 0) is 0 Å². The fourth-order valence-corrected chi connectivity index (χ4v) is 4.75. The van der Waals surface area contributed by atoms with Crippen LogP contribution in [0, 0.1) is 0 Å². The second-order valence-corrected chi connectivity index (χ2v) is 18.9. The maximum atomic E-state index is 4.02. The number of nitrogens with one attached hydrogen (secondary N) is 1. The minimum absolute atomic E-state index is 1.14. The molecule has 2 rings (SSSR count). The van der Waals surface area contributed by atoms with Crippen molar-refractivity contribution in [2.75, 3.05) is 0 Å². The van der Waals surface area contributed by atoms with E-state index in [0.717, 1.165) is 5.52 Å². The van der Waals surface area contributed by atoms with Gasteiger partial charge >= 0.3 is 82.3 Å². The Balaban J connectivity index is 2.61. The van der Waals surface area contributed by atoms with Gasteiger partial charge in [0.05, 0.1) is 0 Å². The summed E-state index contributed by atoms with van der Waals surface area (Å²) in [6.45, 7) is 0. The van der Waals surface area contributed by atoms with Gasteiger partial charge in [-0.2, -0.15) is 0 Å². The third kappa shape index (κ3) is 1.72. The molecule has 0 aliphatic heterocycles. The number of benzene rings is 1. The van der Waals surface area contributed by atoms with Crippen LogP contribution in [0.5, 0.6) is 0 Å². The molecule has 0 saturated heterocycles. The molecule has 2 nitrogen and oxygen atoms in total. The summed E-state index contributed by atoms with van der Waals surface area (Å²) in [6.07, 6.45) is 1.90. The molecule has 0 aliphatic rings. The summed E-state index contributed by atoms with van der Waals surface area (Å²) in [6, 6.07) is 6.67. The molecule has 68 valence electrons. The van der Waals surface area contributed by atoms with Crippen molar-refractivity contribution in [1.82, 2.24) is 10.2 Å². The molecule has 2 aromatic rings. The molecule has 0 amide bonds. The van der Waals surface area contributed by atoms with Crippen molar-refractivity contribution >= 4 is 32.9 Å². The third-order valence-electron chi connectivity index (χ3n) is 2.31. The summed E-state index contributed by atoms with van der Waals surface area (Å²) in [4.78, 5) is 7.28. The maximum absolute atomic E-state index is 4.02. The first-order chi connectivity index (χ1) is 6.07. The number of hydrogen-bond acceptors (Lipinski definition) is 1. The number of rotatable bonds is 1. The van der Waals surface area contributed by atoms with E-state index >= 15 is 0 Å². The van der Waals surface area contributed by atoms with Gasteiger partial charge in [-0.15, -0.1) is 0 Å². The summed E-state index contributed by atoms with van der Waals surface area (Å²) in [7, 11) is 0. The first kappa shape index (κ1) is 9.06. The van der Waals surface area contributed by atoms with Gasteiger partial charge in [-0.1, -0.05) is 0 Å². The van der Waals surface area contributed by atoms with E-state index in [4.69, 9.17) is 0 Å². The molecule has 0 fully saturated rings. The van der Waals surface area contributed by atoms with Crippen molar-refractivity contribution in [3.05, 3.63) is 24.4 Å². The van der Waals surface area contributed by atoms with Crippen LogP contribution in [0.3, 0.4) is 0 Å². The zero-order valence-corrected chi connectivity index (χ0v) is 11.1. The number of aromatic nitrogens is 2. The molecule has 1 aromatic carbocycles. The Kier molecular flexibility index (Phi) is 2.10. The summed E-state index contributed by atoms with van der Waals surface area (Å²) in [5.41, 5.74) is 1.14. The molecule has 1 heterocycles. The molecular formula is C10H14N2Sn. The molecule has 3 heteroatoms. The third-order valence-corrected chi connectivity index (χ3v) is 8.14. The molecule has 0 bridgehead atoms. The topological polar surface area (TPSA) is 28.7 Å². The van der Waals surface area contributed by atoms with E-state index in [0.29, 0.717) is 0 Å². The van der Waals surface area contributed by atoms with Gasteiger partial charge in [0, 0.05) is 0 Å². The van der Waals surface area contributed by atoms with Crippen molar-refractivity contribution in [2.45, 2.75) is 14.8 Å². The predicted molar refractivity (Wildman–Crippen MR) is 59.1 cm³/mol. The van der Waals surface area contributed by atoms with E-state index < -0.39 is 18.4 Å². The van der Waals surface area contributed by atoms with Gasteiger partial charge in [0.25, 0.3) is 0 Å². The SMILES string of the molecule is [CH3][Sn]([CH3])([CH3])[c]1ccc2[nH]ncc2c1. The molecule has 1 aromatic heterocycles. The van der Waals surface area contributed by atoms with E-state index in [1.807, 2.05) is 6.20 Å². The average Bonchev–Trinajstić information content (AvgIpc) is 2.47. The van der Waals surface area contributed by atoms with Crippen LogP contribution in [0.25, 0.3) is 10.9 Å². The van der Waals surface area contributed by atoms with Crippen LogP contribution in [0.1, 0.15) is 0 Å². The van der Waals surface area contributed by atoms with Gasteiger partial charge < -0.3 is 0 Å². The van der Waals surface area contributed by atoms with E-state index in [1.54, 1.807) is 3.58 Å². The second-order valence-electron chi connectivity index (χ2n) is 4.42. The monoisotopic (exact) mass is 282 g/mol. The molecule has 0 saturated carbocycles. The van der Waals surface area contributed by atoms with Crippen LogP contribution in [0.4, 0.5) is 0 Å². The Morgan fingerprint density at radius 1 is 1.23 bits per heavy atom. The Morgan fingerprint density at radius 2 is 2.00 bits per heavy atom. The van der Waals surface area contributed by atoms with Gasteiger partial charge in [0.2, 0.25) is 0 Å².